The molecule has 0 atom stereocenters. The molecule has 0 spiro atoms. The normalized spacial score (nSPS) is 10.8. The van der Waals surface area contributed by atoms with Gasteiger partial charge in [0.05, 0.1) is 17.2 Å². The summed E-state index contributed by atoms with van der Waals surface area (Å²) in [6.45, 7) is 3.45. The fraction of sp³-hybridized carbons (Fsp3) is 0.444. The number of aromatic nitrogens is 4. The smallest absolute Gasteiger partial charge is 0.164 e. The highest BCUT2D eigenvalue weighted by Gasteiger charge is 2.00. The Morgan fingerprint density at radius 3 is 2.93 bits per heavy atom. The van der Waals surface area contributed by atoms with Crippen LogP contribution in [0.1, 0.15) is 16.5 Å². The van der Waals surface area contributed by atoms with Crippen LogP contribution in [0.15, 0.2) is 11.7 Å². The predicted molar refractivity (Wildman–Crippen MR) is 58.4 cm³/mol. The molecule has 0 aliphatic heterocycles. The number of rotatable bonds is 4. The zero-order valence-corrected chi connectivity index (χ0v) is 9.58. The molecule has 0 bridgehead atoms. The standard InChI is InChI=1S/C9H13N5S/c1-7-12-8(5-15-7)3-10-4-9-11-6-14(2)13-9/h5-6,10H,3-4H2,1-2H3. The van der Waals surface area contributed by atoms with Crippen molar-refractivity contribution in [3.05, 3.63) is 28.2 Å². The van der Waals surface area contributed by atoms with Gasteiger partial charge in [-0.15, -0.1) is 11.3 Å². The predicted octanol–water partition coefficient (Wildman–Crippen LogP) is 0.870. The lowest BCUT2D eigenvalue weighted by Gasteiger charge is -1.97. The second-order valence-electron chi connectivity index (χ2n) is 3.30. The number of nitrogens with one attached hydrogen (secondary N) is 1. The number of thiazole rings is 1. The van der Waals surface area contributed by atoms with Crippen LogP contribution in [0.2, 0.25) is 0 Å². The molecule has 0 aliphatic carbocycles. The monoisotopic (exact) mass is 223 g/mol. The first-order valence-corrected chi connectivity index (χ1v) is 5.58. The molecule has 80 valence electrons. The van der Waals surface area contributed by atoms with E-state index in [9.17, 15) is 0 Å². The SMILES string of the molecule is Cc1nc(CNCc2ncn(C)n2)cs1. The first-order chi connectivity index (χ1) is 7.24. The maximum absolute atomic E-state index is 4.36. The maximum Gasteiger partial charge on any atom is 0.164 e. The van der Waals surface area contributed by atoms with Crippen LogP contribution in [0.3, 0.4) is 0 Å². The Balaban J connectivity index is 1.80. The average Bonchev–Trinajstić information content (AvgIpc) is 2.76. The van der Waals surface area contributed by atoms with Crippen molar-refractivity contribution < 1.29 is 0 Å². The van der Waals surface area contributed by atoms with Crippen LogP contribution in [-0.4, -0.2) is 19.7 Å². The van der Waals surface area contributed by atoms with Crippen molar-refractivity contribution in [2.75, 3.05) is 0 Å². The van der Waals surface area contributed by atoms with Crippen molar-refractivity contribution in [1.82, 2.24) is 25.1 Å². The van der Waals surface area contributed by atoms with Crippen LogP contribution < -0.4 is 5.32 Å². The molecule has 0 aliphatic rings. The van der Waals surface area contributed by atoms with Gasteiger partial charge in [-0.05, 0) is 6.92 Å². The van der Waals surface area contributed by atoms with Crippen molar-refractivity contribution >= 4 is 11.3 Å². The number of aryl methyl sites for hydroxylation is 2. The number of nitrogens with zero attached hydrogens (tertiary/aromatic N) is 4. The molecule has 0 fully saturated rings. The van der Waals surface area contributed by atoms with E-state index < -0.39 is 0 Å². The van der Waals surface area contributed by atoms with Gasteiger partial charge in [-0.3, -0.25) is 4.68 Å². The van der Waals surface area contributed by atoms with Gasteiger partial charge in [-0.1, -0.05) is 0 Å². The van der Waals surface area contributed by atoms with E-state index in [1.165, 1.54) is 0 Å². The van der Waals surface area contributed by atoms with Gasteiger partial charge in [0.25, 0.3) is 0 Å². The van der Waals surface area contributed by atoms with Gasteiger partial charge in [-0.25, -0.2) is 9.97 Å². The number of hydrogen-bond acceptors (Lipinski definition) is 5. The fourth-order valence-electron chi connectivity index (χ4n) is 1.26. The molecule has 1 N–H and O–H groups in total. The molecule has 0 unspecified atom stereocenters. The van der Waals surface area contributed by atoms with Crippen LogP contribution in [-0.2, 0) is 20.1 Å². The fourth-order valence-corrected chi connectivity index (χ4v) is 1.87. The summed E-state index contributed by atoms with van der Waals surface area (Å²) >= 11 is 1.67. The zero-order valence-electron chi connectivity index (χ0n) is 8.77. The van der Waals surface area contributed by atoms with Crippen LogP contribution in [0, 0.1) is 6.92 Å². The Hall–Kier alpha value is -1.27. The van der Waals surface area contributed by atoms with Crippen molar-refractivity contribution in [3.8, 4) is 0 Å². The molecule has 0 saturated heterocycles. The van der Waals surface area contributed by atoms with Gasteiger partial charge in [0.15, 0.2) is 5.82 Å². The minimum Gasteiger partial charge on any atom is -0.304 e. The summed E-state index contributed by atoms with van der Waals surface area (Å²) in [5.74, 6) is 0.810. The minimum absolute atomic E-state index is 0.678. The molecular weight excluding hydrogens is 210 g/mol. The van der Waals surface area contributed by atoms with E-state index in [2.05, 4.69) is 25.8 Å². The molecule has 0 aromatic carbocycles. The Kier molecular flexibility index (Phi) is 3.08. The molecule has 5 nitrogen and oxygen atoms in total. The van der Waals surface area contributed by atoms with E-state index in [1.54, 1.807) is 22.3 Å². The highest BCUT2D eigenvalue weighted by molar-refractivity contribution is 7.09. The summed E-state index contributed by atoms with van der Waals surface area (Å²) in [4.78, 5) is 8.48. The van der Waals surface area contributed by atoms with Gasteiger partial charge < -0.3 is 5.32 Å². The van der Waals surface area contributed by atoms with Gasteiger partial charge in [0.1, 0.15) is 6.33 Å². The Morgan fingerprint density at radius 2 is 2.33 bits per heavy atom. The van der Waals surface area contributed by atoms with E-state index in [0.29, 0.717) is 6.54 Å². The maximum atomic E-state index is 4.36. The first-order valence-electron chi connectivity index (χ1n) is 4.70. The molecule has 0 saturated carbocycles. The van der Waals surface area contributed by atoms with Crippen molar-refractivity contribution in [2.45, 2.75) is 20.0 Å². The molecular formula is C9H13N5S. The largest absolute Gasteiger partial charge is 0.304 e. The second kappa shape index (κ2) is 4.50. The summed E-state index contributed by atoms with van der Waals surface area (Å²) in [5, 5.41) is 10.6. The lowest BCUT2D eigenvalue weighted by Crippen LogP contribution is -2.14. The van der Waals surface area contributed by atoms with Gasteiger partial charge in [0, 0.05) is 19.0 Å². The van der Waals surface area contributed by atoms with E-state index in [4.69, 9.17) is 0 Å². The molecule has 0 amide bonds. The summed E-state index contributed by atoms with van der Waals surface area (Å²) in [6, 6.07) is 0. The third kappa shape index (κ3) is 2.84. The van der Waals surface area contributed by atoms with Crippen molar-refractivity contribution in [3.63, 3.8) is 0 Å². The summed E-state index contributed by atoms with van der Waals surface area (Å²) in [5.41, 5.74) is 1.08. The highest BCUT2D eigenvalue weighted by Crippen LogP contribution is 2.07. The Labute approximate surface area is 92.2 Å². The third-order valence-corrected chi connectivity index (χ3v) is 2.73. The molecule has 2 aromatic rings. The van der Waals surface area contributed by atoms with E-state index >= 15 is 0 Å². The lowest BCUT2D eigenvalue weighted by atomic mass is 10.4. The molecule has 2 aromatic heterocycles. The second-order valence-corrected chi connectivity index (χ2v) is 4.36. The van der Waals surface area contributed by atoms with Crippen LogP contribution >= 0.6 is 11.3 Å². The first kappa shape index (κ1) is 10.3. The minimum atomic E-state index is 0.678. The lowest BCUT2D eigenvalue weighted by molar-refractivity contribution is 0.642. The van der Waals surface area contributed by atoms with Crippen LogP contribution in [0.4, 0.5) is 0 Å². The molecule has 6 heteroatoms. The highest BCUT2D eigenvalue weighted by atomic mass is 32.1. The van der Waals surface area contributed by atoms with Gasteiger partial charge in [0.2, 0.25) is 0 Å². The van der Waals surface area contributed by atoms with Crippen LogP contribution in [0.25, 0.3) is 0 Å². The van der Waals surface area contributed by atoms with Gasteiger partial charge >= 0.3 is 0 Å². The van der Waals surface area contributed by atoms with Crippen molar-refractivity contribution in [2.24, 2.45) is 7.05 Å². The van der Waals surface area contributed by atoms with E-state index in [1.807, 2.05) is 14.0 Å². The van der Waals surface area contributed by atoms with E-state index in [-0.39, 0.29) is 0 Å². The molecule has 2 heterocycles. The molecule has 15 heavy (non-hydrogen) atoms. The average molecular weight is 223 g/mol. The summed E-state index contributed by atoms with van der Waals surface area (Å²) in [7, 11) is 1.86. The quantitative estimate of drug-likeness (QED) is 0.835. The molecule has 2 rings (SSSR count). The van der Waals surface area contributed by atoms with Gasteiger partial charge in [-0.2, -0.15) is 5.10 Å². The summed E-state index contributed by atoms with van der Waals surface area (Å²) in [6.07, 6.45) is 1.70. The number of hydrogen-bond donors (Lipinski definition) is 1. The summed E-state index contributed by atoms with van der Waals surface area (Å²) < 4.78 is 1.70. The Bertz CT molecular complexity index is 393. The Morgan fingerprint density at radius 1 is 1.47 bits per heavy atom. The van der Waals surface area contributed by atoms with Crippen LogP contribution in [0.5, 0.6) is 0 Å². The van der Waals surface area contributed by atoms with Crippen molar-refractivity contribution in [1.29, 1.82) is 0 Å². The topological polar surface area (TPSA) is 55.6 Å². The zero-order chi connectivity index (χ0) is 10.7. The third-order valence-electron chi connectivity index (χ3n) is 1.90. The van der Waals surface area contributed by atoms with E-state index in [0.717, 1.165) is 23.1 Å². The molecule has 0 radical (unpaired) electrons.